The second kappa shape index (κ2) is 10.2. The van der Waals surface area contributed by atoms with Crippen molar-refractivity contribution >= 4 is 0 Å². The summed E-state index contributed by atoms with van der Waals surface area (Å²) in [5.41, 5.74) is 2.19. The molecule has 0 saturated carbocycles. The zero-order valence-corrected chi connectivity index (χ0v) is 18.3. The normalized spacial score (nSPS) is 18.2. The zero-order valence-electron chi connectivity index (χ0n) is 18.3. The van der Waals surface area contributed by atoms with Crippen LogP contribution in [0.2, 0.25) is 0 Å². The third kappa shape index (κ3) is 4.97. The molecule has 0 radical (unpaired) electrons. The summed E-state index contributed by atoms with van der Waals surface area (Å²) in [6.07, 6.45) is 1.85. The Morgan fingerprint density at radius 3 is 2.15 bits per heavy atom. The van der Waals surface area contributed by atoms with E-state index in [2.05, 4.69) is 6.58 Å². The molecule has 3 aromatic carbocycles. The van der Waals surface area contributed by atoms with Crippen molar-refractivity contribution in [3.8, 4) is 28.0 Å². The Bertz CT molecular complexity index is 1120. The van der Waals surface area contributed by atoms with E-state index in [9.17, 15) is 13.2 Å². The average molecular weight is 454 g/mol. The van der Waals surface area contributed by atoms with E-state index in [1.807, 2.05) is 6.92 Å². The smallest absolute Gasteiger partial charge is 0.201 e. The third-order valence-electron chi connectivity index (χ3n) is 5.54. The van der Waals surface area contributed by atoms with Crippen molar-refractivity contribution in [1.82, 2.24) is 0 Å². The lowest BCUT2D eigenvalue weighted by atomic mass is 9.98. The van der Waals surface area contributed by atoms with Gasteiger partial charge in [0.15, 0.2) is 17.9 Å². The van der Waals surface area contributed by atoms with Crippen LogP contribution in [-0.2, 0) is 9.47 Å². The van der Waals surface area contributed by atoms with Crippen molar-refractivity contribution in [2.45, 2.75) is 19.6 Å². The van der Waals surface area contributed by atoms with Gasteiger partial charge in [-0.1, -0.05) is 49.4 Å². The maximum atomic E-state index is 14.9. The summed E-state index contributed by atoms with van der Waals surface area (Å²) in [4.78, 5) is 0. The van der Waals surface area contributed by atoms with Crippen molar-refractivity contribution in [3.05, 3.63) is 90.3 Å². The van der Waals surface area contributed by atoms with Crippen LogP contribution in [0.5, 0.6) is 5.75 Å². The first kappa shape index (κ1) is 23.1. The van der Waals surface area contributed by atoms with Crippen molar-refractivity contribution in [1.29, 1.82) is 0 Å². The van der Waals surface area contributed by atoms with Gasteiger partial charge in [-0.2, -0.15) is 4.39 Å². The summed E-state index contributed by atoms with van der Waals surface area (Å²) < 4.78 is 60.3. The standard InChI is InChI=1S/C27H25F3O3/c1-3-13-31-24-12-11-22(25(29)26(24)30)19-7-5-18(6-8-19)21-10-9-20(14-23(21)28)27-32-15-17(4-2)16-33-27/h4-12,14,17,27H,2-3,13,15-16H2,1H3. The largest absolute Gasteiger partial charge is 0.490 e. The van der Waals surface area contributed by atoms with E-state index in [1.165, 1.54) is 18.2 Å². The lowest BCUT2D eigenvalue weighted by Gasteiger charge is -2.28. The Hall–Kier alpha value is -3.09. The molecule has 1 heterocycles. The van der Waals surface area contributed by atoms with Crippen molar-refractivity contribution in [2.24, 2.45) is 5.92 Å². The number of halogens is 3. The van der Waals surface area contributed by atoms with Gasteiger partial charge >= 0.3 is 0 Å². The van der Waals surface area contributed by atoms with E-state index in [0.29, 0.717) is 48.5 Å². The second-order valence-electron chi connectivity index (χ2n) is 7.90. The van der Waals surface area contributed by atoms with Gasteiger partial charge in [-0.15, -0.1) is 6.58 Å². The van der Waals surface area contributed by atoms with Crippen LogP contribution < -0.4 is 4.74 Å². The van der Waals surface area contributed by atoms with E-state index in [0.717, 1.165) is 0 Å². The zero-order chi connectivity index (χ0) is 23.4. The first-order chi connectivity index (χ1) is 16.0. The molecule has 0 atom stereocenters. The lowest BCUT2D eigenvalue weighted by Crippen LogP contribution is -2.25. The summed E-state index contributed by atoms with van der Waals surface area (Å²) in [5, 5.41) is 0. The quantitative estimate of drug-likeness (QED) is 0.357. The Kier molecular flexibility index (Phi) is 7.16. The van der Waals surface area contributed by atoms with Crippen LogP contribution in [0.1, 0.15) is 25.2 Å². The molecule has 1 aliphatic heterocycles. The molecule has 33 heavy (non-hydrogen) atoms. The Balaban J connectivity index is 1.53. The molecule has 6 heteroatoms. The minimum absolute atomic E-state index is 0.109. The highest BCUT2D eigenvalue weighted by atomic mass is 19.2. The van der Waals surface area contributed by atoms with E-state index >= 15 is 0 Å². The van der Waals surface area contributed by atoms with Gasteiger partial charge in [0.25, 0.3) is 0 Å². The van der Waals surface area contributed by atoms with Crippen molar-refractivity contribution in [2.75, 3.05) is 19.8 Å². The Labute approximate surface area is 191 Å². The molecule has 0 unspecified atom stereocenters. The van der Waals surface area contributed by atoms with Crippen LogP contribution in [0.15, 0.2) is 67.3 Å². The topological polar surface area (TPSA) is 27.7 Å². The maximum absolute atomic E-state index is 14.9. The molecule has 1 aliphatic rings. The molecule has 3 nitrogen and oxygen atoms in total. The predicted octanol–water partition coefficient (Wildman–Crippen LogP) is 7.07. The van der Waals surface area contributed by atoms with E-state index in [4.69, 9.17) is 14.2 Å². The molecule has 3 aromatic rings. The van der Waals surface area contributed by atoms with Crippen molar-refractivity contribution in [3.63, 3.8) is 0 Å². The van der Waals surface area contributed by atoms with Gasteiger partial charge in [-0.3, -0.25) is 0 Å². The summed E-state index contributed by atoms with van der Waals surface area (Å²) >= 11 is 0. The first-order valence-corrected chi connectivity index (χ1v) is 10.9. The summed E-state index contributed by atoms with van der Waals surface area (Å²) in [6, 6.07) is 14.3. The number of hydrogen-bond acceptors (Lipinski definition) is 3. The first-order valence-electron chi connectivity index (χ1n) is 10.9. The minimum atomic E-state index is -1.02. The molecule has 172 valence electrons. The molecular weight excluding hydrogens is 429 g/mol. The molecule has 0 aliphatic carbocycles. The van der Waals surface area contributed by atoms with Crippen LogP contribution in [-0.4, -0.2) is 19.8 Å². The summed E-state index contributed by atoms with van der Waals surface area (Å²) in [6.45, 7) is 6.87. The highest BCUT2D eigenvalue weighted by Crippen LogP contribution is 2.33. The van der Waals surface area contributed by atoms with Gasteiger partial charge in [-0.25, -0.2) is 8.78 Å². The Morgan fingerprint density at radius 1 is 0.909 bits per heavy atom. The molecule has 0 bridgehead atoms. The Morgan fingerprint density at radius 2 is 1.55 bits per heavy atom. The van der Waals surface area contributed by atoms with Crippen LogP contribution in [0, 0.1) is 23.4 Å². The number of rotatable bonds is 7. The third-order valence-corrected chi connectivity index (χ3v) is 5.54. The van der Waals surface area contributed by atoms with Gasteiger partial charge in [0.05, 0.1) is 19.8 Å². The molecule has 0 N–H and O–H groups in total. The van der Waals surface area contributed by atoms with Gasteiger partial charge in [0, 0.05) is 22.6 Å². The molecular formula is C27H25F3O3. The molecule has 0 amide bonds. The van der Waals surface area contributed by atoms with Gasteiger partial charge in [0.1, 0.15) is 5.82 Å². The molecule has 1 saturated heterocycles. The molecule has 1 fully saturated rings. The van der Waals surface area contributed by atoms with Crippen LogP contribution in [0.25, 0.3) is 22.3 Å². The van der Waals surface area contributed by atoms with Gasteiger partial charge in [-0.05, 0) is 35.7 Å². The van der Waals surface area contributed by atoms with E-state index in [-0.39, 0.29) is 17.2 Å². The number of ether oxygens (including phenoxy) is 3. The highest BCUT2D eigenvalue weighted by Gasteiger charge is 2.23. The summed E-state index contributed by atoms with van der Waals surface area (Å²) in [5.74, 6) is -2.39. The molecule has 4 rings (SSSR count). The van der Waals surface area contributed by atoms with Gasteiger partial charge < -0.3 is 14.2 Å². The van der Waals surface area contributed by atoms with Gasteiger partial charge in [0.2, 0.25) is 5.82 Å². The predicted molar refractivity (Wildman–Crippen MR) is 121 cm³/mol. The van der Waals surface area contributed by atoms with Crippen LogP contribution in [0.3, 0.4) is 0 Å². The van der Waals surface area contributed by atoms with Crippen molar-refractivity contribution < 1.29 is 27.4 Å². The number of benzene rings is 3. The SMILES string of the molecule is C=CC1COC(c2ccc(-c3ccc(-c4ccc(OCCC)c(F)c4F)cc3)c(F)c2)OC1. The maximum Gasteiger partial charge on any atom is 0.201 e. The number of hydrogen-bond donors (Lipinski definition) is 0. The van der Waals surface area contributed by atoms with Crippen LogP contribution in [0.4, 0.5) is 13.2 Å². The molecule has 0 aromatic heterocycles. The average Bonchev–Trinajstić information content (AvgIpc) is 2.85. The van der Waals surface area contributed by atoms with E-state index < -0.39 is 23.7 Å². The summed E-state index contributed by atoms with van der Waals surface area (Å²) in [7, 11) is 0. The second-order valence-corrected chi connectivity index (χ2v) is 7.90. The van der Waals surface area contributed by atoms with Crippen LogP contribution >= 0.6 is 0 Å². The fraction of sp³-hybridized carbons (Fsp3) is 0.259. The fourth-order valence-corrected chi connectivity index (χ4v) is 3.67. The highest BCUT2D eigenvalue weighted by molar-refractivity contribution is 5.71. The fourth-order valence-electron chi connectivity index (χ4n) is 3.67. The minimum Gasteiger partial charge on any atom is -0.490 e. The lowest BCUT2D eigenvalue weighted by molar-refractivity contribution is -0.197. The molecule has 0 spiro atoms. The monoisotopic (exact) mass is 454 g/mol. The van der Waals surface area contributed by atoms with E-state index in [1.54, 1.807) is 42.5 Å².